The Hall–Kier alpha value is -2.45. The number of nitrogens with zero attached hydrogens (tertiary/aromatic N) is 2. The summed E-state index contributed by atoms with van der Waals surface area (Å²) < 4.78 is 30.9. The van der Waals surface area contributed by atoms with Crippen molar-refractivity contribution in [3.63, 3.8) is 0 Å². The molecule has 0 aliphatic rings. The van der Waals surface area contributed by atoms with Crippen LogP contribution in [0.5, 0.6) is 5.75 Å². The van der Waals surface area contributed by atoms with Crippen molar-refractivity contribution in [3.8, 4) is 5.75 Å². The second-order valence-electron chi connectivity index (χ2n) is 6.04. The maximum absolute atomic E-state index is 12.4. The molecule has 140 valence electrons. The van der Waals surface area contributed by atoms with Crippen LogP contribution in [0.3, 0.4) is 0 Å². The number of nitrogens with one attached hydrogen (secondary N) is 1. The summed E-state index contributed by atoms with van der Waals surface area (Å²) in [6, 6.07) is 5.94. The Morgan fingerprint density at radius 1 is 1.27 bits per heavy atom. The van der Waals surface area contributed by atoms with Crippen LogP contribution in [0.2, 0.25) is 0 Å². The lowest BCUT2D eigenvalue weighted by atomic mass is 10.1. The van der Waals surface area contributed by atoms with Gasteiger partial charge in [-0.1, -0.05) is 6.07 Å². The zero-order valence-electron chi connectivity index (χ0n) is 15.5. The van der Waals surface area contributed by atoms with Gasteiger partial charge in [0.15, 0.2) is 0 Å². The summed E-state index contributed by atoms with van der Waals surface area (Å²) in [5.74, 6) is 0.366. The van der Waals surface area contributed by atoms with E-state index >= 15 is 0 Å². The van der Waals surface area contributed by atoms with Gasteiger partial charge < -0.3 is 10.1 Å². The Morgan fingerprint density at radius 3 is 2.58 bits per heavy atom. The van der Waals surface area contributed by atoms with Crippen molar-refractivity contribution >= 4 is 15.9 Å². The molecule has 2 rings (SSSR count). The standard InChI is InChI=1S/C18H23N3O4S/c1-12-10-19-16(13(2)17(12)25-5)11-20-18(22)14-7-6-8-15(9-14)26(23,24)21(3)4/h6-10H,11H2,1-5H3,(H,20,22). The smallest absolute Gasteiger partial charge is 0.251 e. The maximum Gasteiger partial charge on any atom is 0.251 e. The minimum atomic E-state index is -3.60. The van der Waals surface area contributed by atoms with Crippen LogP contribution in [-0.2, 0) is 16.6 Å². The van der Waals surface area contributed by atoms with Crippen LogP contribution in [0.15, 0.2) is 35.4 Å². The van der Waals surface area contributed by atoms with E-state index in [1.807, 2.05) is 13.8 Å². The highest BCUT2D eigenvalue weighted by atomic mass is 32.2. The largest absolute Gasteiger partial charge is 0.496 e. The second-order valence-corrected chi connectivity index (χ2v) is 8.20. The average molecular weight is 377 g/mol. The Labute approximate surface area is 154 Å². The van der Waals surface area contributed by atoms with Gasteiger partial charge >= 0.3 is 0 Å². The average Bonchev–Trinajstić information content (AvgIpc) is 2.61. The third-order valence-electron chi connectivity index (χ3n) is 4.04. The van der Waals surface area contributed by atoms with Crippen LogP contribution in [0, 0.1) is 13.8 Å². The van der Waals surface area contributed by atoms with Crippen LogP contribution in [-0.4, -0.2) is 44.8 Å². The van der Waals surface area contributed by atoms with Gasteiger partial charge in [0.2, 0.25) is 10.0 Å². The summed E-state index contributed by atoms with van der Waals surface area (Å²) in [4.78, 5) is 16.8. The lowest BCUT2D eigenvalue weighted by molar-refractivity contribution is 0.0950. The molecule has 0 atom stereocenters. The first-order chi connectivity index (χ1) is 12.2. The molecule has 2 aromatic rings. The minimum absolute atomic E-state index is 0.0708. The molecule has 0 bridgehead atoms. The van der Waals surface area contributed by atoms with Gasteiger partial charge in [-0.25, -0.2) is 12.7 Å². The number of rotatable bonds is 6. The number of carbonyl (C=O) groups is 1. The molecule has 1 N–H and O–H groups in total. The number of pyridine rings is 1. The number of benzene rings is 1. The topological polar surface area (TPSA) is 88.6 Å². The van der Waals surface area contributed by atoms with E-state index < -0.39 is 10.0 Å². The number of sulfonamides is 1. The SMILES string of the molecule is COc1c(C)cnc(CNC(=O)c2cccc(S(=O)(=O)N(C)C)c2)c1C. The van der Waals surface area contributed by atoms with Crippen molar-refractivity contribution in [1.29, 1.82) is 0 Å². The van der Waals surface area contributed by atoms with Gasteiger partial charge in [0.05, 0.1) is 24.2 Å². The number of hydrogen-bond acceptors (Lipinski definition) is 5. The van der Waals surface area contributed by atoms with E-state index in [1.165, 1.54) is 26.2 Å². The molecule has 7 nitrogen and oxygen atoms in total. The van der Waals surface area contributed by atoms with Gasteiger partial charge in [-0.3, -0.25) is 9.78 Å². The first-order valence-corrected chi connectivity index (χ1v) is 9.42. The molecule has 1 heterocycles. The monoisotopic (exact) mass is 377 g/mol. The maximum atomic E-state index is 12.4. The highest BCUT2D eigenvalue weighted by Gasteiger charge is 2.19. The summed E-state index contributed by atoms with van der Waals surface area (Å²) in [6.07, 6.45) is 1.69. The van der Waals surface area contributed by atoms with E-state index in [0.29, 0.717) is 5.69 Å². The van der Waals surface area contributed by atoms with E-state index in [-0.39, 0.29) is 22.9 Å². The van der Waals surface area contributed by atoms with Gasteiger partial charge in [0.1, 0.15) is 5.75 Å². The van der Waals surface area contributed by atoms with Crippen molar-refractivity contribution < 1.29 is 17.9 Å². The first kappa shape index (κ1) is 19.9. The Balaban J connectivity index is 2.20. The highest BCUT2D eigenvalue weighted by molar-refractivity contribution is 7.89. The second kappa shape index (κ2) is 7.84. The predicted octanol–water partition coefficient (Wildman–Crippen LogP) is 1.89. The quantitative estimate of drug-likeness (QED) is 0.830. The van der Waals surface area contributed by atoms with Gasteiger partial charge in [0, 0.05) is 37.0 Å². The lowest BCUT2D eigenvalue weighted by Crippen LogP contribution is -2.25. The summed E-state index contributed by atoms with van der Waals surface area (Å²) in [5.41, 5.74) is 2.74. The highest BCUT2D eigenvalue weighted by Crippen LogP contribution is 2.24. The molecule has 0 saturated heterocycles. The van der Waals surface area contributed by atoms with Crippen molar-refractivity contribution in [1.82, 2.24) is 14.6 Å². The number of aryl methyl sites for hydroxylation is 1. The molecule has 0 spiro atoms. The van der Waals surface area contributed by atoms with E-state index in [2.05, 4.69) is 10.3 Å². The van der Waals surface area contributed by atoms with Crippen LogP contribution < -0.4 is 10.1 Å². The Morgan fingerprint density at radius 2 is 1.96 bits per heavy atom. The van der Waals surface area contributed by atoms with E-state index in [0.717, 1.165) is 21.2 Å². The van der Waals surface area contributed by atoms with Gasteiger partial charge in [-0.05, 0) is 32.0 Å². The molecule has 0 saturated carbocycles. The zero-order valence-corrected chi connectivity index (χ0v) is 16.3. The summed E-state index contributed by atoms with van der Waals surface area (Å²) in [6.45, 7) is 3.99. The number of ether oxygens (including phenoxy) is 1. The lowest BCUT2D eigenvalue weighted by Gasteiger charge is -2.14. The zero-order chi connectivity index (χ0) is 19.5. The van der Waals surface area contributed by atoms with Crippen LogP contribution in [0.4, 0.5) is 0 Å². The van der Waals surface area contributed by atoms with Crippen LogP contribution >= 0.6 is 0 Å². The van der Waals surface area contributed by atoms with Gasteiger partial charge in [-0.2, -0.15) is 0 Å². The van der Waals surface area contributed by atoms with Crippen LogP contribution in [0.1, 0.15) is 27.2 Å². The first-order valence-electron chi connectivity index (χ1n) is 7.98. The van der Waals surface area contributed by atoms with Crippen molar-refractivity contribution in [3.05, 3.63) is 52.8 Å². The third kappa shape index (κ3) is 4.03. The molecule has 8 heteroatoms. The predicted molar refractivity (Wildman–Crippen MR) is 98.7 cm³/mol. The Bertz CT molecular complexity index is 924. The fourth-order valence-corrected chi connectivity index (χ4v) is 3.47. The van der Waals surface area contributed by atoms with E-state index in [9.17, 15) is 13.2 Å². The van der Waals surface area contributed by atoms with Gasteiger partial charge in [0.25, 0.3) is 5.91 Å². The molecule has 1 aromatic heterocycles. The van der Waals surface area contributed by atoms with Crippen LogP contribution in [0.25, 0.3) is 0 Å². The summed E-state index contributed by atoms with van der Waals surface area (Å²) in [7, 11) is 0.887. The van der Waals surface area contributed by atoms with E-state index in [4.69, 9.17) is 4.74 Å². The molecule has 0 radical (unpaired) electrons. The normalized spacial score (nSPS) is 11.5. The molecule has 1 aromatic carbocycles. The molecular weight excluding hydrogens is 354 g/mol. The fourth-order valence-electron chi connectivity index (χ4n) is 2.52. The van der Waals surface area contributed by atoms with Gasteiger partial charge in [-0.15, -0.1) is 0 Å². The van der Waals surface area contributed by atoms with Crippen molar-refractivity contribution in [2.75, 3.05) is 21.2 Å². The Kier molecular flexibility index (Phi) is 5.99. The molecule has 1 amide bonds. The number of amides is 1. The number of carbonyl (C=O) groups excluding carboxylic acids is 1. The molecule has 0 aliphatic carbocycles. The number of aromatic nitrogens is 1. The summed E-state index contributed by atoms with van der Waals surface area (Å²) >= 11 is 0. The fraction of sp³-hybridized carbons (Fsp3) is 0.333. The van der Waals surface area contributed by atoms with Crippen molar-refractivity contribution in [2.45, 2.75) is 25.3 Å². The summed E-state index contributed by atoms with van der Waals surface area (Å²) in [5, 5.41) is 2.77. The number of hydrogen-bond donors (Lipinski definition) is 1. The minimum Gasteiger partial charge on any atom is -0.496 e. The van der Waals surface area contributed by atoms with E-state index in [1.54, 1.807) is 25.4 Å². The molecule has 0 aliphatic heterocycles. The molecule has 0 unspecified atom stereocenters. The third-order valence-corrected chi connectivity index (χ3v) is 5.85. The molecular formula is C18H23N3O4S. The molecule has 0 fully saturated rings. The van der Waals surface area contributed by atoms with Crippen molar-refractivity contribution in [2.24, 2.45) is 0 Å². The molecule has 26 heavy (non-hydrogen) atoms. The number of methoxy groups -OCH3 is 1.